The van der Waals surface area contributed by atoms with Gasteiger partial charge < -0.3 is 24.1 Å². The zero-order valence-corrected chi connectivity index (χ0v) is 27.7. The quantitative estimate of drug-likeness (QED) is 0.101. The molecule has 4 aromatic rings. The van der Waals surface area contributed by atoms with Crippen molar-refractivity contribution in [2.45, 2.75) is 43.5 Å². The molecule has 1 unspecified atom stereocenters. The minimum atomic E-state index is -3.60. The smallest absolute Gasteiger partial charge is 0.464 e. The molecule has 3 aromatic carbocycles. The number of ether oxygens (including phenoxy) is 2. The van der Waals surface area contributed by atoms with Gasteiger partial charge in [0.1, 0.15) is 11.6 Å². The summed E-state index contributed by atoms with van der Waals surface area (Å²) in [4.78, 5) is 56.4. The Balaban J connectivity index is 1.38. The standard InChI is InChI=1S/C32H28Cl2N2O11S/c1-17(46-32(40)47-41)45-31(39)25(13-18-4-3-5-22(12-18)48(2,42)43)35-29(37)27-24(33)14-21-16-36(10-8-23(21)28(27)34)30(38)20-7-6-19-9-11-44-26(19)15-20/h3-7,9,11-12,14-15,17,25,41H,8,10,13,16H2,1-2H3,(H,35,37)/t17?,25-/m0/s1. The molecule has 0 spiro atoms. The Bertz CT molecular complexity index is 2030. The lowest BCUT2D eigenvalue weighted by molar-refractivity contribution is -0.222. The molecule has 16 heteroatoms. The van der Waals surface area contributed by atoms with E-state index in [0.717, 1.165) is 11.6 Å². The molecule has 2 heterocycles. The fraction of sp³-hybridized carbons (Fsp3) is 0.250. The number of nitrogens with one attached hydrogen (secondary N) is 1. The van der Waals surface area contributed by atoms with Crippen molar-refractivity contribution < 1.29 is 51.6 Å². The van der Waals surface area contributed by atoms with Gasteiger partial charge >= 0.3 is 12.1 Å². The summed E-state index contributed by atoms with van der Waals surface area (Å²) in [5, 5.41) is 11.8. The van der Waals surface area contributed by atoms with E-state index in [2.05, 4.69) is 14.9 Å². The zero-order valence-electron chi connectivity index (χ0n) is 25.4. The number of fused-ring (bicyclic) bond motifs is 2. The third-order valence-corrected chi connectivity index (χ3v) is 9.42. The second kappa shape index (κ2) is 14.2. The van der Waals surface area contributed by atoms with Crippen molar-refractivity contribution in [3.8, 4) is 0 Å². The molecule has 1 aliphatic heterocycles. The lowest BCUT2D eigenvalue weighted by Crippen LogP contribution is -2.45. The minimum Gasteiger partial charge on any atom is -0.464 e. The van der Waals surface area contributed by atoms with Gasteiger partial charge in [0.2, 0.25) is 6.29 Å². The van der Waals surface area contributed by atoms with Crippen LogP contribution < -0.4 is 5.32 Å². The van der Waals surface area contributed by atoms with E-state index in [-0.39, 0.29) is 39.4 Å². The predicted molar refractivity (Wildman–Crippen MR) is 171 cm³/mol. The number of esters is 1. The highest BCUT2D eigenvalue weighted by Gasteiger charge is 2.31. The molecule has 1 aromatic heterocycles. The summed E-state index contributed by atoms with van der Waals surface area (Å²) < 4.78 is 39.3. The van der Waals surface area contributed by atoms with Gasteiger partial charge in [0.05, 0.1) is 26.8 Å². The van der Waals surface area contributed by atoms with Crippen molar-refractivity contribution in [3.05, 3.63) is 98.7 Å². The van der Waals surface area contributed by atoms with E-state index in [0.29, 0.717) is 40.8 Å². The van der Waals surface area contributed by atoms with Crippen molar-refractivity contribution in [1.82, 2.24) is 10.2 Å². The fourth-order valence-corrected chi connectivity index (χ4v) is 6.75. The molecular formula is C32H28Cl2N2O11S. The number of amides is 2. The highest BCUT2D eigenvalue weighted by molar-refractivity contribution is 7.90. The highest BCUT2D eigenvalue weighted by Crippen LogP contribution is 2.35. The molecule has 2 N–H and O–H groups in total. The molecule has 0 saturated heterocycles. The molecule has 252 valence electrons. The van der Waals surface area contributed by atoms with E-state index in [1.165, 1.54) is 31.2 Å². The molecule has 0 bridgehead atoms. The highest BCUT2D eigenvalue weighted by atomic mass is 35.5. The van der Waals surface area contributed by atoms with Crippen LogP contribution in [0.25, 0.3) is 11.0 Å². The number of furan rings is 1. The summed E-state index contributed by atoms with van der Waals surface area (Å²) in [6, 6.07) is 12.8. The largest absolute Gasteiger partial charge is 0.543 e. The van der Waals surface area contributed by atoms with E-state index in [1.807, 2.05) is 0 Å². The first-order chi connectivity index (χ1) is 22.7. The molecule has 1 aliphatic rings. The number of halogens is 2. The third kappa shape index (κ3) is 7.73. The number of hydrogen-bond acceptors (Lipinski definition) is 11. The molecule has 2 atom stereocenters. The summed E-state index contributed by atoms with van der Waals surface area (Å²) in [6.07, 6.45) is -0.453. The second-order valence-electron chi connectivity index (χ2n) is 10.9. The van der Waals surface area contributed by atoms with Gasteiger partial charge in [-0.25, -0.2) is 18.0 Å². The Morgan fingerprint density at radius 2 is 1.83 bits per heavy atom. The van der Waals surface area contributed by atoms with Crippen LogP contribution >= 0.6 is 23.2 Å². The molecule has 48 heavy (non-hydrogen) atoms. The summed E-state index contributed by atoms with van der Waals surface area (Å²) in [6.45, 7) is 1.63. The Morgan fingerprint density at radius 3 is 2.56 bits per heavy atom. The Morgan fingerprint density at radius 1 is 1.06 bits per heavy atom. The number of benzene rings is 3. The maximum absolute atomic E-state index is 13.7. The van der Waals surface area contributed by atoms with E-state index in [1.54, 1.807) is 41.5 Å². The number of nitrogens with zero attached hydrogens (tertiary/aromatic N) is 1. The molecular weight excluding hydrogens is 691 g/mol. The van der Waals surface area contributed by atoms with Crippen molar-refractivity contribution >= 4 is 67.9 Å². The van der Waals surface area contributed by atoms with Gasteiger partial charge in [0.25, 0.3) is 11.8 Å². The maximum Gasteiger partial charge on any atom is 0.543 e. The van der Waals surface area contributed by atoms with Crippen LogP contribution in [0.3, 0.4) is 0 Å². The summed E-state index contributed by atoms with van der Waals surface area (Å²) in [5.74, 6) is -2.14. The lowest BCUT2D eigenvalue weighted by Gasteiger charge is -2.30. The Hall–Kier alpha value is -4.63. The van der Waals surface area contributed by atoms with Crippen LogP contribution in [0.4, 0.5) is 4.79 Å². The average Bonchev–Trinajstić information content (AvgIpc) is 3.51. The van der Waals surface area contributed by atoms with E-state index in [4.69, 9.17) is 37.6 Å². The molecule has 0 radical (unpaired) electrons. The van der Waals surface area contributed by atoms with E-state index in [9.17, 15) is 27.6 Å². The number of sulfone groups is 1. The molecule has 0 fully saturated rings. The lowest BCUT2D eigenvalue weighted by atomic mass is 9.95. The molecule has 0 saturated carbocycles. The number of carbonyl (C=O) groups is 4. The Labute approximate surface area is 284 Å². The van der Waals surface area contributed by atoms with E-state index < -0.39 is 40.2 Å². The normalized spacial score (nSPS) is 14.1. The van der Waals surface area contributed by atoms with E-state index >= 15 is 0 Å². The van der Waals surface area contributed by atoms with Crippen LogP contribution in [0, 0.1) is 0 Å². The first kappa shape index (κ1) is 34.7. The molecule has 0 aliphatic carbocycles. The van der Waals surface area contributed by atoms with Gasteiger partial charge in [-0.15, -0.1) is 0 Å². The molecule has 13 nitrogen and oxygen atoms in total. The topological polar surface area (TPSA) is 179 Å². The van der Waals surface area contributed by atoms with Gasteiger partial charge in [-0.2, -0.15) is 5.26 Å². The van der Waals surface area contributed by atoms with Crippen molar-refractivity contribution in [1.29, 1.82) is 0 Å². The van der Waals surface area contributed by atoms with Gasteiger partial charge in [-0.3, -0.25) is 14.5 Å². The average molecular weight is 720 g/mol. The van der Waals surface area contributed by atoms with Crippen LogP contribution in [0.2, 0.25) is 10.0 Å². The van der Waals surface area contributed by atoms with Crippen LogP contribution in [0.15, 0.2) is 70.2 Å². The number of carbonyl (C=O) groups excluding carboxylic acids is 4. The van der Waals surface area contributed by atoms with Crippen LogP contribution in [0.5, 0.6) is 0 Å². The minimum absolute atomic E-state index is 0.0179. The number of hydrogen-bond donors (Lipinski definition) is 2. The second-order valence-corrected chi connectivity index (χ2v) is 13.7. The third-order valence-electron chi connectivity index (χ3n) is 7.60. The SMILES string of the molecule is CC(OC(=O)OO)OC(=O)[C@H](Cc1cccc(S(C)(=O)=O)c1)NC(=O)c1c(Cl)cc2c(c1Cl)CCN(C(=O)c1ccc3ccoc3c1)C2. The first-order valence-electron chi connectivity index (χ1n) is 14.3. The van der Waals surface area contributed by atoms with Crippen molar-refractivity contribution in [2.24, 2.45) is 0 Å². The van der Waals surface area contributed by atoms with Crippen molar-refractivity contribution in [3.63, 3.8) is 0 Å². The van der Waals surface area contributed by atoms with Crippen molar-refractivity contribution in [2.75, 3.05) is 12.8 Å². The fourth-order valence-electron chi connectivity index (χ4n) is 5.29. The Kier molecular flexibility index (Phi) is 10.3. The number of rotatable bonds is 9. The van der Waals surface area contributed by atoms with Gasteiger partial charge in [-0.05, 0) is 59.5 Å². The first-order valence-corrected chi connectivity index (χ1v) is 17.0. The summed E-state index contributed by atoms with van der Waals surface area (Å²) >= 11 is 13.3. The van der Waals surface area contributed by atoms with Crippen LogP contribution in [-0.4, -0.2) is 67.6 Å². The zero-order chi connectivity index (χ0) is 34.7. The maximum atomic E-state index is 13.7. The molecule has 5 rings (SSSR count). The van der Waals surface area contributed by atoms with Gasteiger partial charge in [0, 0.05) is 43.6 Å². The summed E-state index contributed by atoms with van der Waals surface area (Å²) in [5.41, 5.74) is 2.48. The van der Waals surface area contributed by atoms with Crippen LogP contribution in [-0.2, 0) is 48.4 Å². The predicted octanol–water partition coefficient (Wildman–Crippen LogP) is 5.20. The summed E-state index contributed by atoms with van der Waals surface area (Å²) in [7, 11) is -3.60. The van der Waals surface area contributed by atoms with Gasteiger partial charge in [0.15, 0.2) is 9.84 Å². The molecule has 2 amide bonds. The van der Waals surface area contributed by atoms with Gasteiger partial charge in [-0.1, -0.05) is 41.4 Å². The monoisotopic (exact) mass is 718 g/mol. The van der Waals surface area contributed by atoms with Crippen LogP contribution in [0.1, 0.15) is 44.3 Å².